The predicted octanol–water partition coefficient (Wildman–Crippen LogP) is 3.74. The molecule has 5 aliphatic rings. The number of hydrogen-bond donors (Lipinski definition) is 2. The molecule has 25 heavy (non-hydrogen) atoms. The maximum Gasteiger partial charge on any atom is 0.234 e. The van der Waals surface area contributed by atoms with Crippen LogP contribution in [0.4, 0.5) is 0 Å². The molecule has 1 amide bonds. The number of benzene rings is 1. The monoisotopic (exact) mass is 338 g/mol. The average Bonchev–Trinajstić information content (AvgIpc) is 2.58. The molecule has 2 N–H and O–H groups in total. The van der Waals surface area contributed by atoms with Gasteiger partial charge in [-0.25, -0.2) is 0 Å². The van der Waals surface area contributed by atoms with E-state index in [0.717, 1.165) is 24.2 Å². The normalized spacial score (nSPS) is 38.4. The fourth-order valence-electron chi connectivity index (χ4n) is 6.79. The van der Waals surface area contributed by atoms with Crippen LogP contribution in [0.15, 0.2) is 24.3 Å². The van der Waals surface area contributed by atoms with Crippen molar-refractivity contribution in [1.29, 1.82) is 0 Å². The Kier molecular flexibility index (Phi) is 3.89. The van der Waals surface area contributed by atoms with Gasteiger partial charge in [0.1, 0.15) is 0 Å². The molecule has 1 atom stereocenters. The third-order valence-corrected chi connectivity index (χ3v) is 7.32. The van der Waals surface area contributed by atoms with Crippen molar-refractivity contribution in [3.8, 4) is 0 Å². The van der Waals surface area contributed by atoms with E-state index < -0.39 is 0 Å². The Morgan fingerprint density at radius 1 is 1.04 bits per heavy atom. The van der Waals surface area contributed by atoms with Crippen LogP contribution in [0.3, 0.4) is 0 Å². The van der Waals surface area contributed by atoms with Crippen molar-refractivity contribution in [3.05, 3.63) is 35.4 Å². The van der Waals surface area contributed by atoms with E-state index in [1.54, 1.807) is 0 Å². The van der Waals surface area contributed by atoms with Gasteiger partial charge in [-0.05, 0) is 86.7 Å². The Balaban J connectivity index is 1.21. The molecule has 3 nitrogen and oxygen atoms in total. The first-order valence-corrected chi connectivity index (χ1v) is 10.3. The molecule has 0 heterocycles. The van der Waals surface area contributed by atoms with E-state index in [0.29, 0.717) is 12.6 Å². The molecule has 1 aromatic rings. The second kappa shape index (κ2) is 6.12. The molecular weight excluding hydrogens is 308 g/mol. The lowest BCUT2D eigenvalue weighted by Crippen LogP contribution is -2.60. The van der Waals surface area contributed by atoms with Gasteiger partial charge in [0, 0.05) is 11.6 Å². The Morgan fingerprint density at radius 3 is 2.44 bits per heavy atom. The summed E-state index contributed by atoms with van der Waals surface area (Å²) in [5.74, 6) is 2.85. The molecule has 4 bridgehead atoms. The summed E-state index contributed by atoms with van der Waals surface area (Å²) in [5.41, 5.74) is 2.99. The summed E-state index contributed by atoms with van der Waals surface area (Å²) >= 11 is 0. The lowest BCUT2D eigenvalue weighted by molar-refractivity contribution is -0.126. The van der Waals surface area contributed by atoms with Crippen molar-refractivity contribution in [2.45, 2.75) is 69.4 Å². The average molecular weight is 338 g/mol. The molecule has 6 rings (SSSR count). The fourth-order valence-corrected chi connectivity index (χ4v) is 6.79. The van der Waals surface area contributed by atoms with E-state index in [1.165, 1.54) is 62.5 Å². The van der Waals surface area contributed by atoms with Crippen molar-refractivity contribution in [2.75, 3.05) is 6.54 Å². The SMILES string of the molecule is O=C(CNC1CCCc2ccccc21)NC12CC3CC(CC(C3)C1)C2. The van der Waals surface area contributed by atoms with Crippen molar-refractivity contribution < 1.29 is 4.79 Å². The Bertz CT molecular complexity index is 632. The highest BCUT2D eigenvalue weighted by atomic mass is 16.2. The lowest BCUT2D eigenvalue weighted by atomic mass is 9.53. The summed E-state index contributed by atoms with van der Waals surface area (Å²) in [6, 6.07) is 9.05. The molecule has 0 aromatic heterocycles. The third-order valence-electron chi connectivity index (χ3n) is 7.32. The minimum absolute atomic E-state index is 0.137. The molecule has 1 unspecified atom stereocenters. The minimum atomic E-state index is 0.137. The van der Waals surface area contributed by atoms with Crippen LogP contribution in [0.5, 0.6) is 0 Å². The first-order chi connectivity index (χ1) is 12.2. The summed E-state index contributed by atoms with van der Waals surface area (Å²) in [5, 5.41) is 7.03. The Hall–Kier alpha value is -1.35. The molecule has 134 valence electrons. The van der Waals surface area contributed by atoms with E-state index >= 15 is 0 Å². The standard InChI is InChI=1S/C22H30N2O/c25-21(14-23-20-7-3-5-18-4-1-2-6-19(18)20)24-22-11-15-8-16(12-22)10-17(9-15)13-22/h1-2,4,6,15-17,20,23H,3,5,7-14H2,(H,24,25). The van der Waals surface area contributed by atoms with Crippen molar-refractivity contribution in [2.24, 2.45) is 17.8 Å². The molecule has 5 aliphatic carbocycles. The zero-order valence-corrected chi connectivity index (χ0v) is 15.1. The molecular formula is C22H30N2O. The number of rotatable bonds is 4. The molecule has 4 fully saturated rings. The first kappa shape index (κ1) is 15.9. The highest BCUT2D eigenvalue weighted by Crippen LogP contribution is 2.55. The molecule has 1 aromatic carbocycles. The van der Waals surface area contributed by atoms with Crippen LogP contribution in [-0.4, -0.2) is 18.0 Å². The highest BCUT2D eigenvalue weighted by molar-refractivity contribution is 5.79. The van der Waals surface area contributed by atoms with E-state index in [-0.39, 0.29) is 11.4 Å². The second-order valence-electron chi connectivity index (χ2n) is 9.27. The molecule has 3 heteroatoms. The topological polar surface area (TPSA) is 41.1 Å². The van der Waals surface area contributed by atoms with Gasteiger partial charge in [0.05, 0.1) is 6.54 Å². The Morgan fingerprint density at radius 2 is 1.72 bits per heavy atom. The van der Waals surface area contributed by atoms with Gasteiger partial charge in [0.15, 0.2) is 0 Å². The first-order valence-electron chi connectivity index (χ1n) is 10.3. The molecule has 4 saturated carbocycles. The van der Waals surface area contributed by atoms with Crippen molar-refractivity contribution in [1.82, 2.24) is 10.6 Å². The van der Waals surface area contributed by atoms with Crippen molar-refractivity contribution >= 4 is 5.91 Å². The van der Waals surface area contributed by atoms with Gasteiger partial charge >= 0.3 is 0 Å². The van der Waals surface area contributed by atoms with Crippen molar-refractivity contribution in [3.63, 3.8) is 0 Å². The number of carbonyl (C=O) groups excluding carboxylic acids is 1. The highest BCUT2D eigenvalue weighted by Gasteiger charge is 2.51. The number of amides is 1. The van der Waals surface area contributed by atoms with E-state index in [2.05, 4.69) is 34.9 Å². The summed E-state index contributed by atoms with van der Waals surface area (Å²) in [4.78, 5) is 12.7. The van der Waals surface area contributed by atoms with Crippen LogP contribution in [0.2, 0.25) is 0 Å². The zero-order valence-electron chi connectivity index (χ0n) is 15.1. The fraction of sp³-hybridized carbons (Fsp3) is 0.682. The minimum Gasteiger partial charge on any atom is -0.350 e. The maximum absolute atomic E-state index is 12.7. The lowest BCUT2D eigenvalue weighted by Gasteiger charge is -2.56. The smallest absolute Gasteiger partial charge is 0.234 e. The van der Waals surface area contributed by atoms with Gasteiger partial charge < -0.3 is 10.6 Å². The van der Waals surface area contributed by atoms with E-state index in [9.17, 15) is 4.79 Å². The zero-order chi connectivity index (χ0) is 16.9. The van der Waals surface area contributed by atoms with E-state index in [1.807, 2.05) is 0 Å². The number of aryl methyl sites for hydroxylation is 1. The third kappa shape index (κ3) is 3.01. The van der Waals surface area contributed by atoms with Crippen LogP contribution in [0, 0.1) is 17.8 Å². The predicted molar refractivity (Wildman–Crippen MR) is 99.2 cm³/mol. The van der Waals surface area contributed by atoms with Gasteiger partial charge in [-0.2, -0.15) is 0 Å². The molecule has 0 saturated heterocycles. The van der Waals surface area contributed by atoms with Gasteiger partial charge in [-0.1, -0.05) is 24.3 Å². The Labute approximate surface area is 151 Å². The van der Waals surface area contributed by atoms with Crippen LogP contribution in [0.1, 0.15) is 68.5 Å². The molecule has 0 aliphatic heterocycles. The number of hydrogen-bond acceptors (Lipinski definition) is 2. The summed E-state index contributed by atoms with van der Waals surface area (Å²) in [7, 11) is 0. The van der Waals surface area contributed by atoms with Gasteiger partial charge in [0.2, 0.25) is 5.91 Å². The summed E-state index contributed by atoms with van der Waals surface area (Å²) < 4.78 is 0. The number of carbonyl (C=O) groups is 1. The second-order valence-corrected chi connectivity index (χ2v) is 9.27. The van der Waals surface area contributed by atoms with Crippen LogP contribution in [0.25, 0.3) is 0 Å². The number of nitrogens with one attached hydrogen (secondary N) is 2. The van der Waals surface area contributed by atoms with Gasteiger partial charge in [-0.15, -0.1) is 0 Å². The van der Waals surface area contributed by atoms with Crippen LogP contribution < -0.4 is 10.6 Å². The van der Waals surface area contributed by atoms with E-state index in [4.69, 9.17) is 0 Å². The van der Waals surface area contributed by atoms with Gasteiger partial charge in [-0.3, -0.25) is 4.79 Å². The largest absolute Gasteiger partial charge is 0.350 e. The molecule has 0 radical (unpaired) electrons. The quantitative estimate of drug-likeness (QED) is 0.878. The summed E-state index contributed by atoms with van der Waals surface area (Å²) in [6.45, 7) is 0.459. The van der Waals surface area contributed by atoms with Gasteiger partial charge in [0.25, 0.3) is 0 Å². The molecule has 0 spiro atoms. The number of fused-ring (bicyclic) bond motifs is 1. The summed E-state index contributed by atoms with van der Waals surface area (Å²) in [6.07, 6.45) is 11.5. The van der Waals surface area contributed by atoms with Crippen LogP contribution >= 0.6 is 0 Å². The maximum atomic E-state index is 12.7. The van der Waals surface area contributed by atoms with Crippen LogP contribution in [-0.2, 0) is 11.2 Å².